The molecule has 35 heavy (non-hydrogen) atoms. The van der Waals surface area contributed by atoms with Crippen LogP contribution in [0.4, 0.5) is 0 Å². The van der Waals surface area contributed by atoms with Crippen molar-refractivity contribution in [3.05, 3.63) is 83.2 Å². The summed E-state index contributed by atoms with van der Waals surface area (Å²) in [5, 5.41) is 4.61. The number of unbranched alkanes of at least 4 members (excludes halogenated alkanes) is 1. The number of sulfone groups is 1. The molecule has 5 nitrogen and oxygen atoms in total. The Morgan fingerprint density at radius 3 is 2.37 bits per heavy atom. The average molecular weight is 490 g/mol. The number of pyridine rings is 1. The fourth-order valence-corrected chi connectivity index (χ4v) is 5.48. The van der Waals surface area contributed by atoms with Crippen LogP contribution in [0.15, 0.2) is 65.8 Å². The van der Waals surface area contributed by atoms with Crippen LogP contribution in [-0.2, 0) is 16.3 Å². The van der Waals surface area contributed by atoms with Crippen LogP contribution in [0.2, 0.25) is 0 Å². The molecule has 4 rings (SSSR count). The number of nitrogens with zero attached hydrogens (tertiary/aromatic N) is 1. The number of benzene rings is 2. The number of rotatable bonds is 10. The molecule has 2 aromatic carbocycles. The molecule has 1 unspecified atom stereocenters. The highest BCUT2D eigenvalue weighted by molar-refractivity contribution is 7.90. The van der Waals surface area contributed by atoms with Crippen molar-refractivity contribution in [3.8, 4) is 11.3 Å². The number of aromatic nitrogens is 2. The van der Waals surface area contributed by atoms with Crippen molar-refractivity contribution in [2.45, 2.75) is 50.8 Å². The molecule has 184 valence electrons. The lowest BCUT2D eigenvalue weighted by Crippen LogP contribution is -2.21. The lowest BCUT2D eigenvalue weighted by molar-refractivity contribution is 0.584. The Balaban J connectivity index is 1.56. The minimum Gasteiger partial charge on any atom is -0.354 e. The Hall–Kier alpha value is -2.96. The first-order valence-corrected chi connectivity index (χ1v) is 14.2. The summed E-state index contributed by atoms with van der Waals surface area (Å²) in [6.45, 7) is 8.20. The van der Waals surface area contributed by atoms with E-state index in [4.69, 9.17) is 0 Å². The van der Waals surface area contributed by atoms with Crippen molar-refractivity contribution in [1.82, 2.24) is 15.3 Å². The van der Waals surface area contributed by atoms with E-state index in [9.17, 15) is 8.42 Å². The molecule has 2 heterocycles. The van der Waals surface area contributed by atoms with Gasteiger partial charge >= 0.3 is 0 Å². The zero-order chi connectivity index (χ0) is 25.0. The van der Waals surface area contributed by atoms with Gasteiger partial charge in [0.05, 0.1) is 10.6 Å². The van der Waals surface area contributed by atoms with Crippen LogP contribution in [0, 0.1) is 13.8 Å². The van der Waals surface area contributed by atoms with Gasteiger partial charge < -0.3 is 10.3 Å². The predicted molar refractivity (Wildman–Crippen MR) is 145 cm³/mol. The minimum absolute atomic E-state index is 0.203. The van der Waals surface area contributed by atoms with Gasteiger partial charge in [-0.25, -0.2) is 8.42 Å². The molecule has 0 spiro atoms. The highest BCUT2D eigenvalue weighted by atomic mass is 32.2. The Labute approximate surface area is 208 Å². The van der Waals surface area contributed by atoms with E-state index in [1.165, 1.54) is 28.5 Å². The van der Waals surface area contributed by atoms with Crippen molar-refractivity contribution >= 4 is 20.7 Å². The fourth-order valence-electron chi connectivity index (χ4n) is 4.83. The summed E-state index contributed by atoms with van der Waals surface area (Å²) in [6.07, 6.45) is 8.25. The van der Waals surface area contributed by atoms with Crippen LogP contribution in [0.1, 0.15) is 47.9 Å². The first kappa shape index (κ1) is 25.1. The van der Waals surface area contributed by atoms with Gasteiger partial charge in [0.15, 0.2) is 9.84 Å². The van der Waals surface area contributed by atoms with Gasteiger partial charge in [0.25, 0.3) is 0 Å². The van der Waals surface area contributed by atoms with Crippen molar-refractivity contribution in [2.75, 3.05) is 19.3 Å². The summed E-state index contributed by atoms with van der Waals surface area (Å²) in [6, 6.07) is 16.1. The van der Waals surface area contributed by atoms with Crippen molar-refractivity contribution in [1.29, 1.82) is 0 Å². The molecule has 0 saturated heterocycles. The third kappa shape index (κ3) is 6.19. The van der Waals surface area contributed by atoms with Crippen LogP contribution in [-0.4, -0.2) is 37.7 Å². The minimum atomic E-state index is -3.29. The molecule has 1 atom stereocenters. The Kier molecular flexibility index (Phi) is 7.72. The molecular formula is C29H35N3O2S. The highest BCUT2D eigenvalue weighted by Crippen LogP contribution is 2.37. The van der Waals surface area contributed by atoms with E-state index in [0.29, 0.717) is 4.90 Å². The van der Waals surface area contributed by atoms with E-state index in [2.05, 4.69) is 66.4 Å². The lowest BCUT2D eigenvalue weighted by atomic mass is 9.93. The highest BCUT2D eigenvalue weighted by Gasteiger charge is 2.20. The summed E-state index contributed by atoms with van der Waals surface area (Å²) in [7, 11) is -3.29. The van der Waals surface area contributed by atoms with E-state index in [1.807, 2.05) is 24.5 Å². The molecule has 0 aliphatic carbocycles. The van der Waals surface area contributed by atoms with Gasteiger partial charge in [-0.05, 0) is 105 Å². The monoisotopic (exact) mass is 489 g/mol. The lowest BCUT2D eigenvalue weighted by Gasteiger charge is -2.16. The summed E-state index contributed by atoms with van der Waals surface area (Å²) in [5.74, 6) is 0.203. The molecule has 0 bridgehead atoms. The third-order valence-electron chi connectivity index (χ3n) is 6.51. The van der Waals surface area contributed by atoms with Crippen LogP contribution < -0.4 is 5.32 Å². The Morgan fingerprint density at radius 1 is 0.971 bits per heavy atom. The normalized spacial score (nSPS) is 12.8. The summed E-state index contributed by atoms with van der Waals surface area (Å²) in [5.41, 5.74) is 8.09. The summed E-state index contributed by atoms with van der Waals surface area (Å²) in [4.78, 5) is 8.03. The maximum Gasteiger partial charge on any atom is 0.175 e. The first-order valence-electron chi connectivity index (χ1n) is 12.3. The number of aryl methyl sites for hydroxylation is 3. The average Bonchev–Trinajstić information content (AvgIpc) is 3.20. The van der Waals surface area contributed by atoms with E-state index in [0.717, 1.165) is 54.5 Å². The summed E-state index contributed by atoms with van der Waals surface area (Å²) < 4.78 is 24.5. The molecular weight excluding hydrogens is 454 g/mol. The third-order valence-corrected chi connectivity index (χ3v) is 7.62. The second kappa shape index (κ2) is 10.8. The van der Waals surface area contributed by atoms with Crippen LogP contribution in [0.5, 0.6) is 0 Å². The zero-order valence-corrected chi connectivity index (χ0v) is 21.9. The maximum absolute atomic E-state index is 12.3. The second-order valence-corrected chi connectivity index (χ2v) is 11.7. The van der Waals surface area contributed by atoms with Crippen molar-refractivity contribution in [2.24, 2.45) is 0 Å². The molecule has 6 heteroatoms. The van der Waals surface area contributed by atoms with E-state index in [1.54, 1.807) is 6.07 Å². The van der Waals surface area contributed by atoms with Crippen LogP contribution >= 0.6 is 0 Å². The van der Waals surface area contributed by atoms with Gasteiger partial charge in [-0.3, -0.25) is 4.98 Å². The van der Waals surface area contributed by atoms with Crippen LogP contribution in [0.3, 0.4) is 0 Å². The number of hydrogen-bond acceptors (Lipinski definition) is 4. The number of nitrogens with one attached hydrogen (secondary N) is 2. The Morgan fingerprint density at radius 2 is 1.69 bits per heavy atom. The Bertz CT molecular complexity index is 1390. The standard InChI is InChI=1S/C29H35N3O2S/c1-20-15-21(2)17-24(16-20)29-28(26-18-25(35(4,33)34)8-9-27(26)32-29)22(3)19-31-12-6-5-7-23-10-13-30-14-11-23/h8-11,13-18,22,31-32H,5-7,12,19H2,1-4H3. The van der Waals surface area contributed by atoms with Crippen molar-refractivity contribution < 1.29 is 8.42 Å². The number of hydrogen-bond donors (Lipinski definition) is 2. The van der Waals surface area contributed by atoms with Gasteiger partial charge in [0.1, 0.15) is 0 Å². The molecule has 0 radical (unpaired) electrons. The van der Waals surface area contributed by atoms with Gasteiger partial charge in [-0.1, -0.05) is 24.1 Å². The summed E-state index contributed by atoms with van der Waals surface area (Å²) >= 11 is 0. The van der Waals surface area contributed by atoms with Gasteiger partial charge in [-0.15, -0.1) is 0 Å². The molecule has 2 aromatic heterocycles. The number of fused-ring (bicyclic) bond motifs is 1. The largest absolute Gasteiger partial charge is 0.354 e. The van der Waals surface area contributed by atoms with Gasteiger partial charge in [0.2, 0.25) is 0 Å². The number of H-pyrrole nitrogens is 1. The van der Waals surface area contributed by atoms with Crippen molar-refractivity contribution in [3.63, 3.8) is 0 Å². The molecule has 0 aliphatic rings. The molecule has 4 aromatic rings. The van der Waals surface area contributed by atoms with E-state index >= 15 is 0 Å². The van der Waals surface area contributed by atoms with Crippen LogP contribution in [0.25, 0.3) is 22.2 Å². The molecule has 0 fully saturated rings. The quantitative estimate of drug-likeness (QED) is 0.269. The predicted octanol–water partition coefficient (Wildman–Crippen LogP) is 5.97. The van der Waals surface area contributed by atoms with E-state index < -0.39 is 9.84 Å². The maximum atomic E-state index is 12.3. The molecule has 0 saturated carbocycles. The van der Waals surface area contributed by atoms with Gasteiger partial charge in [-0.2, -0.15) is 0 Å². The second-order valence-electron chi connectivity index (χ2n) is 9.69. The molecule has 0 amide bonds. The zero-order valence-electron chi connectivity index (χ0n) is 21.1. The van der Waals surface area contributed by atoms with E-state index in [-0.39, 0.29) is 5.92 Å². The molecule has 2 N–H and O–H groups in total. The molecule has 0 aliphatic heterocycles. The fraction of sp³-hybridized carbons (Fsp3) is 0.345. The smallest absolute Gasteiger partial charge is 0.175 e. The SMILES string of the molecule is Cc1cc(C)cc(-c2[nH]c3ccc(S(C)(=O)=O)cc3c2C(C)CNCCCCc2ccncc2)c1. The van der Waals surface area contributed by atoms with Gasteiger partial charge in [0, 0.05) is 36.1 Å². The topological polar surface area (TPSA) is 74.8 Å². The first-order chi connectivity index (χ1) is 16.7. The number of aromatic amines is 1.